The lowest BCUT2D eigenvalue weighted by Gasteiger charge is -2.04. The van der Waals surface area contributed by atoms with Gasteiger partial charge in [-0.3, -0.25) is 0 Å². The summed E-state index contributed by atoms with van der Waals surface area (Å²) in [5.41, 5.74) is 6.98. The van der Waals surface area contributed by atoms with E-state index in [1.807, 2.05) is 18.2 Å². The molecule has 2 heterocycles. The maximum atomic E-state index is 6.32. The number of para-hydroxylation sites is 2. The third kappa shape index (κ3) is 2.72. The van der Waals surface area contributed by atoms with Gasteiger partial charge in [0.2, 0.25) is 0 Å². The van der Waals surface area contributed by atoms with Crippen molar-refractivity contribution < 1.29 is 8.83 Å². The molecule has 0 saturated heterocycles. The summed E-state index contributed by atoms with van der Waals surface area (Å²) in [5, 5.41) is 3.34. The van der Waals surface area contributed by atoms with E-state index in [-0.39, 0.29) is 0 Å². The van der Waals surface area contributed by atoms with Crippen molar-refractivity contribution in [3.63, 3.8) is 0 Å². The zero-order valence-electron chi connectivity index (χ0n) is 16.7. The molecule has 0 saturated carbocycles. The molecule has 0 atom stereocenters. The number of rotatable bonds is 4. The summed E-state index contributed by atoms with van der Waals surface area (Å²) in [6, 6.07) is 18.9. The fraction of sp³-hybridized carbons (Fsp3) is 0.111. The molecule has 0 bridgehead atoms. The van der Waals surface area contributed by atoms with Crippen LogP contribution in [0.4, 0.5) is 0 Å². The molecular weight excluding hydrogens is 356 g/mol. The number of benzene rings is 3. The second-order valence-corrected chi connectivity index (χ2v) is 7.36. The minimum Gasteiger partial charge on any atom is -0.455 e. The molecule has 2 heteroatoms. The van der Waals surface area contributed by atoms with Gasteiger partial charge in [-0.25, -0.2) is 0 Å². The van der Waals surface area contributed by atoms with Crippen LogP contribution in [-0.2, 0) is 0 Å². The van der Waals surface area contributed by atoms with Crippen molar-refractivity contribution in [2.75, 3.05) is 0 Å². The maximum absolute atomic E-state index is 6.32. The Hall–Kier alpha value is -3.52. The summed E-state index contributed by atoms with van der Waals surface area (Å²) < 4.78 is 12.6. The summed E-state index contributed by atoms with van der Waals surface area (Å²) in [6.07, 6.45) is 6.96. The number of aryl methyl sites for hydroxylation is 1. The molecule has 0 N–H and O–H groups in total. The second-order valence-electron chi connectivity index (χ2n) is 7.36. The summed E-state index contributed by atoms with van der Waals surface area (Å²) in [4.78, 5) is 0. The van der Waals surface area contributed by atoms with Gasteiger partial charge in [-0.05, 0) is 31.6 Å². The highest BCUT2D eigenvalue weighted by molar-refractivity contribution is 6.12. The Morgan fingerprint density at radius 3 is 2.31 bits per heavy atom. The normalized spacial score (nSPS) is 11.9. The molecule has 0 unspecified atom stereocenters. The predicted molar refractivity (Wildman–Crippen MR) is 123 cm³/mol. The minimum atomic E-state index is 0.844. The first-order valence-corrected chi connectivity index (χ1v) is 9.98. The van der Waals surface area contributed by atoms with E-state index >= 15 is 0 Å². The van der Waals surface area contributed by atoms with Crippen molar-refractivity contribution in [3.05, 3.63) is 84.1 Å². The van der Waals surface area contributed by atoms with Gasteiger partial charge in [0.1, 0.15) is 22.5 Å². The molecular formula is C27H22O2. The van der Waals surface area contributed by atoms with Crippen molar-refractivity contribution >= 4 is 45.1 Å². The molecule has 0 spiro atoms. The fourth-order valence-electron chi connectivity index (χ4n) is 4.05. The smallest absolute Gasteiger partial charge is 0.143 e. The lowest BCUT2D eigenvalue weighted by Crippen LogP contribution is -1.80. The van der Waals surface area contributed by atoms with E-state index in [2.05, 4.69) is 75.0 Å². The Kier molecular flexibility index (Phi) is 4.13. The molecule has 5 rings (SSSR count). The van der Waals surface area contributed by atoms with E-state index in [9.17, 15) is 0 Å². The Balaban J connectivity index is 1.83. The molecule has 142 valence electrons. The summed E-state index contributed by atoms with van der Waals surface area (Å²) >= 11 is 0. The van der Waals surface area contributed by atoms with E-state index in [1.165, 1.54) is 5.56 Å². The van der Waals surface area contributed by atoms with Crippen molar-refractivity contribution in [2.45, 2.75) is 20.3 Å². The van der Waals surface area contributed by atoms with Crippen LogP contribution in [0.25, 0.3) is 56.2 Å². The molecule has 5 aromatic rings. The van der Waals surface area contributed by atoms with Crippen LogP contribution in [0.15, 0.2) is 76.1 Å². The van der Waals surface area contributed by atoms with Crippen LogP contribution in [0.1, 0.15) is 30.2 Å². The molecule has 3 aromatic carbocycles. The van der Waals surface area contributed by atoms with E-state index in [0.717, 1.165) is 61.8 Å². The van der Waals surface area contributed by atoms with E-state index in [4.69, 9.17) is 8.83 Å². The van der Waals surface area contributed by atoms with Crippen LogP contribution in [0.2, 0.25) is 0 Å². The highest BCUT2D eigenvalue weighted by Crippen LogP contribution is 2.40. The van der Waals surface area contributed by atoms with Crippen LogP contribution in [-0.4, -0.2) is 0 Å². The summed E-state index contributed by atoms with van der Waals surface area (Å²) in [6.45, 7) is 8.22. The molecule has 0 radical (unpaired) electrons. The SMILES string of the molecule is C=Cc1c(/C=C\CC)oc2c(-c3cccc4c3oc3ccc(C)cc34)cccc12. The maximum Gasteiger partial charge on any atom is 0.143 e. The highest BCUT2D eigenvalue weighted by atomic mass is 16.3. The standard InChI is InChI=1S/C27H22O2/c1-4-6-13-24-18(5-2)19-9-7-10-20(26(19)28-24)21-11-8-12-22-23-16-17(3)14-15-25(23)29-27(21)22/h5-16H,2,4H2,1,3H3/b13-6-. The van der Waals surface area contributed by atoms with Crippen molar-refractivity contribution in [2.24, 2.45) is 0 Å². The zero-order chi connectivity index (χ0) is 20.0. The van der Waals surface area contributed by atoms with Gasteiger partial charge in [0.15, 0.2) is 0 Å². The molecule has 2 nitrogen and oxygen atoms in total. The minimum absolute atomic E-state index is 0.844. The highest BCUT2D eigenvalue weighted by Gasteiger charge is 2.18. The monoisotopic (exact) mass is 378 g/mol. The van der Waals surface area contributed by atoms with Gasteiger partial charge in [0.25, 0.3) is 0 Å². The molecule has 0 amide bonds. The van der Waals surface area contributed by atoms with Gasteiger partial charge < -0.3 is 8.83 Å². The lowest BCUT2D eigenvalue weighted by atomic mass is 9.99. The third-order valence-corrected chi connectivity index (χ3v) is 5.43. The van der Waals surface area contributed by atoms with E-state index in [0.29, 0.717) is 0 Å². The van der Waals surface area contributed by atoms with E-state index in [1.54, 1.807) is 0 Å². The van der Waals surface area contributed by atoms with E-state index < -0.39 is 0 Å². The van der Waals surface area contributed by atoms with Gasteiger partial charge in [0.05, 0.1) is 0 Å². The first-order chi connectivity index (χ1) is 14.2. The number of fused-ring (bicyclic) bond motifs is 4. The van der Waals surface area contributed by atoms with Gasteiger partial charge in [-0.2, -0.15) is 0 Å². The Morgan fingerprint density at radius 2 is 1.59 bits per heavy atom. The van der Waals surface area contributed by atoms with Crippen LogP contribution < -0.4 is 0 Å². The van der Waals surface area contributed by atoms with Gasteiger partial charge in [-0.15, -0.1) is 0 Å². The van der Waals surface area contributed by atoms with Crippen molar-refractivity contribution in [3.8, 4) is 11.1 Å². The lowest BCUT2D eigenvalue weighted by molar-refractivity contribution is 0.604. The van der Waals surface area contributed by atoms with Gasteiger partial charge >= 0.3 is 0 Å². The van der Waals surface area contributed by atoms with Gasteiger partial charge in [0, 0.05) is 32.8 Å². The Bertz CT molecular complexity index is 1410. The Morgan fingerprint density at radius 1 is 0.862 bits per heavy atom. The topological polar surface area (TPSA) is 26.3 Å². The number of furan rings is 2. The summed E-state index contributed by atoms with van der Waals surface area (Å²) in [7, 11) is 0. The third-order valence-electron chi connectivity index (χ3n) is 5.43. The molecule has 2 aromatic heterocycles. The molecule has 0 aliphatic carbocycles. The first kappa shape index (κ1) is 17.6. The van der Waals surface area contributed by atoms with Crippen LogP contribution in [0, 0.1) is 6.92 Å². The first-order valence-electron chi connectivity index (χ1n) is 9.98. The van der Waals surface area contributed by atoms with Gasteiger partial charge in [-0.1, -0.05) is 73.7 Å². The molecule has 0 aliphatic rings. The summed E-state index contributed by atoms with van der Waals surface area (Å²) in [5.74, 6) is 0.844. The molecule has 29 heavy (non-hydrogen) atoms. The van der Waals surface area contributed by atoms with Crippen molar-refractivity contribution in [1.82, 2.24) is 0 Å². The predicted octanol–water partition coefficient (Wildman–Crippen LogP) is 8.37. The average Bonchev–Trinajstić information content (AvgIpc) is 3.29. The number of hydrogen-bond acceptors (Lipinski definition) is 2. The zero-order valence-corrected chi connectivity index (χ0v) is 16.7. The molecule has 0 aliphatic heterocycles. The molecule has 0 fully saturated rings. The number of allylic oxidation sites excluding steroid dienone is 1. The van der Waals surface area contributed by atoms with Crippen LogP contribution in [0.5, 0.6) is 0 Å². The van der Waals surface area contributed by atoms with Crippen LogP contribution in [0.3, 0.4) is 0 Å². The fourth-order valence-corrected chi connectivity index (χ4v) is 4.05. The van der Waals surface area contributed by atoms with Crippen molar-refractivity contribution in [1.29, 1.82) is 0 Å². The average molecular weight is 378 g/mol. The Labute approximate surface area is 169 Å². The quantitative estimate of drug-likeness (QED) is 0.314. The number of hydrogen-bond donors (Lipinski definition) is 0. The largest absolute Gasteiger partial charge is 0.455 e. The second kappa shape index (κ2) is 6.82. The van der Waals surface area contributed by atoms with Crippen LogP contribution >= 0.6 is 0 Å².